The Bertz CT molecular complexity index is 339. The van der Waals surface area contributed by atoms with Gasteiger partial charge in [-0.15, -0.1) is 0 Å². The van der Waals surface area contributed by atoms with Crippen LogP contribution in [-0.2, 0) is 11.8 Å². The summed E-state index contributed by atoms with van der Waals surface area (Å²) in [5.41, 5.74) is 1.55. The van der Waals surface area contributed by atoms with Gasteiger partial charge in [-0.1, -0.05) is 0 Å². The van der Waals surface area contributed by atoms with Gasteiger partial charge < -0.3 is 4.74 Å². The molecule has 0 atom stereocenters. The summed E-state index contributed by atoms with van der Waals surface area (Å²) in [6, 6.07) is 1.82. The van der Waals surface area contributed by atoms with Crippen LogP contribution in [0.3, 0.4) is 0 Å². The second-order valence-corrected chi connectivity index (χ2v) is 3.34. The number of hydrogen-bond donors (Lipinski definition) is 0. The van der Waals surface area contributed by atoms with Gasteiger partial charge in [-0.25, -0.2) is 4.79 Å². The van der Waals surface area contributed by atoms with Crippen molar-refractivity contribution in [3.8, 4) is 0 Å². The number of hydrogen-bond acceptors (Lipinski definition) is 3. The molecule has 1 aliphatic rings. The summed E-state index contributed by atoms with van der Waals surface area (Å²) in [5, 5.41) is 4.08. The Balaban J connectivity index is 2.28. The molecule has 0 amide bonds. The minimum absolute atomic E-state index is 0.359. The van der Waals surface area contributed by atoms with Gasteiger partial charge in [0.15, 0.2) is 5.69 Å². The van der Waals surface area contributed by atoms with E-state index in [2.05, 4.69) is 9.84 Å². The third-order valence-corrected chi connectivity index (χ3v) is 2.31. The van der Waals surface area contributed by atoms with Gasteiger partial charge in [-0.2, -0.15) is 5.10 Å². The van der Waals surface area contributed by atoms with E-state index in [1.54, 1.807) is 4.68 Å². The highest BCUT2D eigenvalue weighted by Gasteiger charge is 2.28. The van der Waals surface area contributed by atoms with Gasteiger partial charge >= 0.3 is 5.97 Å². The van der Waals surface area contributed by atoms with Crippen LogP contribution >= 0.6 is 0 Å². The normalized spacial score (nSPS) is 15.8. The second kappa shape index (κ2) is 2.87. The van der Waals surface area contributed by atoms with E-state index in [1.165, 1.54) is 20.0 Å². The van der Waals surface area contributed by atoms with E-state index in [4.69, 9.17) is 0 Å². The van der Waals surface area contributed by atoms with Crippen molar-refractivity contribution < 1.29 is 9.53 Å². The van der Waals surface area contributed by atoms with Gasteiger partial charge in [0.2, 0.25) is 0 Å². The predicted octanol–water partition coefficient (Wildman–Crippen LogP) is 1.08. The fourth-order valence-corrected chi connectivity index (χ4v) is 1.45. The summed E-state index contributed by atoms with van der Waals surface area (Å²) in [6.07, 6.45) is 2.42. The number of methoxy groups -OCH3 is 1. The van der Waals surface area contributed by atoms with Gasteiger partial charge in [0.1, 0.15) is 0 Å². The lowest BCUT2D eigenvalue weighted by Crippen LogP contribution is -2.03. The Morgan fingerprint density at radius 3 is 2.92 bits per heavy atom. The minimum atomic E-state index is -0.359. The van der Waals surface area contributed by atoms with Crippen LogP contribution in [0.4, 0.5) is 0 Å². The van der Waals surface area contributed by atoms with Crippen molar-refractivity contribution in [2.75, 3.05) is 7.11 Å². The molecule has 0 bridgehead atoms. The highest BCUT2D eigenvalue weighted by Crippen LogP contribution is 2.39. The lowest BCUT2D eigenvalue weighted by Gasteiger charge is -1.94. The molecule has 1 fully saturated rings. The van der Waals surface area contributed by atoms with Crippen molar-refractivity contribution in [2.45, 2.75) is 18.8 Å². The van der Waals surface area contributed by atoms with Crippen LogP contribution in [0.2, 0.25) is 0 Å². The van der Waals surface area contributed by atoms with Crippen molar-refractivity contribution >= 4 is 5.97 Å². The first kappa shape index (κ1) is 8.29. The molecule has 4 nitrogen and oxygen atoms in total. The van der Waals surface area contributed by atoms with Crippen molar-refractivity contribution in [1.29, 1.82) is 0 Å². The fourth-order valence-electron chi connectivity index (χ4n) is 1.45. The van der Waals surface area contributed by atoms with E-state index in [0.717, 1.165) is 5.69 Å². The number of carbonyl (C=O) groups excluding carboxylic acids is 1. The third-order valence-electron chi connectivity index (χ3n) is 2.31. The SMILES string of the molecule is COC(=O)c1cc(C2CC2)n(C)n1. The van der Waals surface area contributed by atoms with Crippen LogP contribution in [0.25, 0.3) is 0 Å². The van der Waals surface area contributed by atoms with E-state index in [9.17, 15) is 4.79 Å². The predicted molar refractivity (Wildman–Crippen MR) is 46.5 cm³/mol. The average molecular weight is 180 g/mol. The first-order chi connectivity index (χ1) is 6.22. The number of aromatic nitrogens is 2. The second-order valence-electron chi connectivity index (χ2n) is 3.34. The standard InChI is InChI=1S/C9H12N2O2/c1-11-8(6-3-4-6)5-7(10-11)9(12)13-2/h5-6H,3-4H2,1-2H3. The summed E-state index contributed by atoms with van der Waals surface area (Å²) < 4.78 is 6.36. The number of carbonyl (C=O) groups is 1. The Labute approximate surface area is 76.5 Å². The van der Waals surface area contributed by atoms with Crippen molar-refractivity contribution in [1.82, 2.24) is 9.78 Å². The first-order valence-electron chi connectivity index (χ1n) is 4.34. The molecule has 0 spiro atoms. The van der Waals surface area contributed by atoms with E-state index in [1.807, 2.05) is 13.1 Å². The smallest absolute Gasteiger partial charge is 0.358 e. The first-order valence-corrected chi connectivity index (χ1v) is 4.34. The Kier molecular flexibility index (Phi) is 1.83. The molecule has 70 valence electrons. The number of aryl methyl sites for hydroxylation is 1. The van der Waals surface area contributed by atoms with Crippen LogP contribution in [0.1, 0.15) is 34.9 Å². The molecule has 4 heteroatoms. The average Bonchev–Trinajstić information content (AvgIpc) is 2.89. The van der Waals surface area contributed by atoms with E-state index >= 15 is 0 Å². The molecular formula is C9H12N2O2. The van der Waals surface area contributed by atoms with Crippen LogP contribution in [-0.4, -0.2) is 22.9 Å². The highest BCUT2D eigenvalue weighted by atomic mass is 16.5. The van der Waals surface area contributed by atoms with Gasteiger partial charge in [-0.3, -0.25) is 4.68 Å². The van der Waals surface area contributed by atoms with Gasteiger partial charge in [0.25, 0.3) is 0 Å². The molecule has 0 N–H and O–H groups in total. The summed E-state index contributed by atoms with van der Waals surface area (Å²) in [7, 11) is 3.23. The van der Waals surface area contributed by atoms with Crippen LogP contribution in [0, 0.1) is 0 Å². The molecule has 1 aliphatic carbocycles. The van der Waals surface area contributed by atoms with Crippen LogP contribution in [0.15, 0.2) is 6.07 Å². The maximum Gasteiger partial charge on any atom is 0.358 e. The maximum atomic E-state index is 11.1. The maximum absolute atomic E-state index is 11.1. The number of ether oxygens (including phenoxy) is 1. The lowest BCUT2D eigenvalue weighted by atomic mass is 10.2. The molecule has 2 rings (SSSR count). The zero-order valence-electron chi connectivity index (χ0n) is 7.78. The van der Waals surface area contributed by atoms with Crippen LogP contribution in [0.5, 0.6) is 0 Å². The summed E-state index contributed by atoms with van der Waals surface area (Å²) in [6.45, 7) is 0. The summed E-state index contributed by atoms with van der Waals surface area (Å²) >= 11 is 0. The Hall–Kier alpha value is -1.32. The van der Waals surface area contributed by atoms with E-state index in [-0.39, 0.29) is 5.97 Å². The molecule has 0 radical (unpaired) electrons. The zero-order valence-corrected chi connectivity index (χ0v) is 7.78. The third kappa shape index (κ3) is 1.43. The highest BCUT2D eigenvalue weighted by molar-refractivity contribution is 5.87. The van der Waals surface area contributed by atoms with E-state index < -0.39 is 0 Å². The fraction of sp³-hybridized carbons (Fsp3) is 0.556. The monoisotopic (exact) mass is 180 g/mol. The van der Waals surface area contributed by atoms with Gasteiger partial charge in [0, 0.05) is 18.7 Å². The Morgan fingerprint density at radius 1 is 1.69 bits per heavy atom. The lowest BCUT2D eigenvalue weighted by molar-refractivity contribution is 0.0593. The number of esters is 1. The number of rotatable bonds is 2. The summed E-state index contributed by atoms with van der Waals surface area (Å²) in [5.74, 6) is 0.249. The topological polar surface area (TPSA) is 44.1 Å². The molecular weight excluding hydrogens is 168 g/mol. The molecule has 0 unspecified atom stereocenters. The van der Waals surface area contributed by atoms with Gasteiger partial charge in [-0.05, 0) is 18.9 Å². The van der Waals surface area contributed by atoms with Crippen molar-refractivity contribution in [3.05, 3.63) is 17.5 Å². The van der Waals surface area contributed by atoms with Crippen molar-refractivity contribution in [2.24, 2.45) is 7.05 Å². The minimum Gasteiger partial charge on any atom is -0.464 e. The largest absolute Gasteiger partial charge is 0.464 e. The molecule has 1 aromatic heterocycles. The zero-order chi connectivity index (χ0) is 9.42. The molecule has 0 saturated heterocycles. The molecule has 13 heavy (non-hydrogen) atoms. The van der Waals surface area contributed by atoms with Crippen LogP contribution < -0.4 is 0 Å². The molecule has 1 saturated carbocycles. The van der Waals surface area contributed by atoms with E-state index in [0.29, 0.717) is 11.6 Å². The number of nitrogens with zero attached hydrogens (tertiary/aromatic N) is 2. The van der Waals surface area contributed by atoms with Crippen molar-refractivity contribution in [3.63, 3.8) is 0 Å². The quantitative estimate of drug-likeness (QED) is 0.640. The summed E-state index contributed by atoms with van der Waals surface area (Å²) in [4.78, 5) is 11.1. The molecule has 0 aromatic carbocycles. The Morgan fingerprint density at radius 2 is 2.38 bits per heavy atom. The molecule has 1 heterocycles. The van der Waals surface area contributed by atoms with Gasteiger partial charge in [0.05, 0.1) is 7.11 Å². The molecule has 1 aromatic rings. The molecule has 0 aliphatic heterocycles.